The topological polar surface area (TPSA) is 65.2 Å². The maximum absolute atomic E-state index is 8.56. The minimum Gasteiger partial charge on any atom is -0.411 e. The molecule has 4 nitrogen and oxygen atoms in total. The van der Waals surface area contributed by atoms with Crippen molar-refractivity contribution in [3.05, 3.63) is 120 Å². The first kappa shape index (κ1) is 20.6. The molecule has 4 aromatic rings. The zero-order valence-electron chi connectivity index (χ0n) is 16.3. The summed E-state index contributed by atoms with van der Waals surface area (Å²) in [5.74, 6) is 0. The molecular formula is C26H22N2O2. The molecule has 4 rings (SSSR count). The molecule has 0 radical (unpaired) electrons. The van der Waals surface area contributed by atoms with Crippen LogP contribution in [0, 0.1) is 0 Å². The minimum absolute atomic E-state index is 0.909. The van der Waals surface area contributed by atoms with Crippen LogP contribution in [0.5, 0.6) is 0 Å². The second-order valence-electron chi connectivity index (χ2n) is 6.40. The summed E-state index contributed by atoms with van der Waals surface area (Å²) < 4.78 is 0. The molecule has 0 aliphatic carbocycles. The van der Waals surface area contributed by atoms with E-state index >= 15 is 0 Å². The first-order valence-electron chi connectivity index (χ1n) is 9.47. The third-order valence-corrected chi connectivity index (χ3v) is 4.48. The highest BCUT2D eigenvalue weighted by Crippen LogP contribution is 2.22. The van der Waals surface area contributed by atoms with Gasteiger partial charge < -0.3 is 10.4 Å². The molecule has 0 amide bonds. The second-order valence-corrected chi connectivity index (χ2v) is 6.40. The highest BCUT2D eigenvalue weighted by atomic mass is 16.4. The van der Waals surface area contributed by atoms with Crippen molar-refractivity contribution in [3.63, 3.8) is 0 Å². The van der Waals surface area contributed by atoms with E-state index in [9.17, 15) is 0 Å². The van der Waals surface area contributed by atoms with Crippen LogP contribution in [0.15, 0.2) is 120 Å². The van der Waals surface area contributed by atoms with E-state index in [2.05, 4.69) is 10.3 Å². The van der Waals surface area contributed by atoms with Crippen LogP contribution >= 0.6 is 0 Å². The fourth-order valence-electron chi connectivity index (χ4n) is 3.10. The Morgan fingerprint density at radius 1 is 0.433 bits per heavy atom. The van der Waals surface area contributed by atoms with E-state index in [0.717, 1.165) is 33.4 Å². The van der Waals surface area contributed by atoms with Gasteiger partial charge in [0, 0.05) is 11.1 Å². The number of hydrogen-bond acceptors (Lipinski definition) is 4. The van der Waals surface area contributed by atoms with Gasteiger partial charge in [-0.2, -0.15) is 0 Å². The van der Waals surface area contributed by atoms with Gasteiger partial charge in [0.15, 0.2) is 0 Å². The van der Waals surface area contributed by atoms with Gasteiger partial charge in [0.1, 0.15) is 0 Å². The van der Waals surface area contributed by atoms with E-state index in [4.69, 9.17) is 10.4 Å². The van der Waals surface area contributed by atoms with Crippen LogP contribution in [-0.2, 0) is 0 Å². The van der Waals surface area contributed by atoms with Crippen LogP contribution in [0.2, 0.25) is 0 Å². The molecule has 30 heavy (non-hydrogen) atoms. The Morgan fingerprint density at radius 3 is 1.13 bits per heavy atom. The van der Waals surface area contributed by atoms with Gasteiger partial charge in [0.05, 0.1) is 12.4 Å². The summed E-state index contributed by atoms with van der Waals surface area (Å²) in [6.45, 7) is 0. The van der Waals surface area contributed by atoms with Gasteiger partial charge in [0.2, 0.25) is 0 Å². The fourth-order valence-corrected chi connectivity index (χ4v) is 3.10. The normalized spacial score (nSPS) is 10.7. The molecule has 0 aliphatic heterocycles. The van der Waals surface area contributed by atoms with Crippen molar-refractivity contribution < 1.29 is 10.4 Å². The van der Waals surface area contributed by atoms with Gasteiger partial charge in [-0.1, -0.05) is 120 Å². The summed E-state index contributed by atoms with van der Waals surface area (Å²) >= 11 is 0. The molecule has 0 heterocycles. The molecule has 0 atom stereocenters. The SMILES string of the molecule is O/N=C/c1ccccc1-c1ccccc1.O/N=C/c1ccccc1-c1ccccc1. The van der Waals surface area contributed by atoms with Crippen LogP contribution in [0.4, 0.5) is 0 Å². The molecule has 0 bridgehead atoms. The van der Waals surface area contributed by atoms with Crippen molar-refractivity contribution in [1.82, 2.24) is 0 Å². The Hall–Kier alpha value is -4.18. The second kappa shape index (κ2) is 11.0. The average Bonchev–Trinajstić information content (AvgIpc) is 2.82. The van der Waals surface area contributed by atoms with E-state index in [1.54, 1.807) is 0 Å². The lowest BCUT2D eigenvalue weighted by Gasteiger charge is -2.04. The summed E-state index contributed by atoms with van der Waals surface area (Å²) in [5.41, 5.74) is 6.19. The molecule has 4 aromatic carbocycles. The molecule has 2 N–H and O–H groups in total. The number of oxime groups is 2. The molecule has 0 unspecified atom stereocenters. The molecule has 4 heteroatoms. The summed E-state index contributed by atoms with van der Waals surface area (Å²) in [7, 11) is 0. The molecule has 0 saturated heterocycles. The van der Waals surface area contributed by atoms with E-state index in [1.807, 2.05) is 109 Å². The quantitative estimate of drug-likeness (QED) is 0.241. The van der Waals surface area contributed by atoms with Gasteiger partial charge in [-0.25, -0.2) is 0 Å². The van der Waals surface area contributed by atoms with Gasteiger partial charge in [-0.05, 0) is 22.3 Å². The van der Waals surface area contributed by atoms with E-state index in [-0.39, 0.29) is 0 Å². The predicted octanol–water partition coefficient (Wildman–Crippen LogP) is 6.32. The van der Waals surface area contributed by atoms with Gasteiger partial charge in [-0.3, -0.25) is 0 Å². The first-order valence-corrected chi connectivity index (χ1v) is 9.47. The number of hydrogen-bond donors (Lipinski definition) is 2. The molecule has 0 saturated carbocycles. The van der Waals surface area contributed by atoms with Crippen molar-refractivity contribution in [2.75, 3.05) is 0 Å². The molecule has 0 spiro atoms. The van der Waals surface area contributed by atoms with Crippen LogP contribution in [-0.4, -0.2) is 22.8 Å². The largest absolute Gasteiger partial charge is 0.411 e. The summed E-state index contributed by atoms with van der Waals surface area (Å²) in [5, 5.41) is 23.3. The minimum atomic E-state index is 0.909. The fraction of sp³-hybridized carbons (Fsp3) is 0. The van der Waals surface area contributed by atoms with E-state index < -0.39 is 0 Å². The molecule has 0 fully saturated rings. The maximum Gasteiger partial charge on any atom is 0.0740 e. The van der Waals surface area contributed by atoms with Crippen molar-refractivity contribution in [1.29, 1.82) is 0 Å². The summed E-state index contributed by atoms with van der Waals surface area (Å²) in [6.07, 6.45) is 2.89. The predicted molar refractivity (Wildman–Crippen MR) is 123 cm³/mol. The van der Waals surface area contributed by atoms with Crippen molar-refractivity contribution in [2.45, 2.75) is 0 Å². The number of nitrogens with zero attached hydrogens (tertiary/aromatic N) is 2. The lowest BCUT2D eigenvalue weighted by Crippen LogP contribution is -1.87. The maximum atomic E-state index is 8.56. The zero-order valence-corrected chi connectivity index (χ0v) is 16.3. The van der Waals surface area contributed by atoms with E-state index in [0.29, 0.717) is 0 Å². The van der Waals surface area contributed by atoms with Crippen LogP contribution < -0.4 is 0 Å². The average molecular weight is 394 g/mol. The third-order valence-electron chi connectivity index (χ3n) is 4.48. The van der Waals surface area contributed by atoms with Crippen LogP contribution in [0.25, 0.3) is 22.3 Å². The Balaban J connectivity index is 0.000000171. The van der Waals surface area contributed by atoms with E-state index in [1.165, 1.54) is 12.4 Å². The van der Waals surface area contributed by atoms with Crippen LogP contribution in [0.1, 0.15) is 11.1 Å². The molecule has 148 valence electrons. The monoisotopic (exact) mass is 394 g/mol. The lowest BCUT2D eigenvalue weighted by atomic mass is 10.0. The van der Waals surface area contributed by atoms with Crippen LogP contribution in [0.3, 0.4) is 0 Å². The third kappa shape index (κ3) is 5.42. The Labute approximate surface area is 176 Å². The highest BCUT2D eigenvalue weighted by molar-refractivity contribution is 5.90. The molecule has 0 aromatic heterocycles. The van der Waals surface area contributed by atoms with Crippen molar-refractivity contribution in [2.24, 2.45) is 10.3 Å². The van der Waals surface area contributed by atoms with Gasteiger partial charge >= 0.3 is 0 Å². The Bertz CT molecular complexity index is 1020. The number of benzene rings is 4. The number of rotatable bonds is 4. The molecule has 0 aliphatic rings. The Kier molecular flexibility index (Phi) is 7.52. The zero-order chi connectivity index (χ0) is 21.0. The smallest absolute Gasteiger partial charge is 0.0740 e. The Morgan fingerprint density at radius 2 is 0.767 bits per heavy atom. The van der Waals surface area contributed by atoms with Gasteiger partial charge in [-0.15, -0.1) is 0 Å². The summed E-state index contributed by atoms with van der Waals surface area (Å²) in [6, 6.07) is 35.7. The summed E-state index contributed by atoms with van der Waals surface area (Å²) in [4.78, 5) is 0. The first-order chi connectivity index (χ1) is 14.8. The van der Waals surface area contributed by atoms with Gasteiger partial charge in [0.25, 0.3) is 0 Å². The lowest BCUT2D eigenvalue weighted by molar-refractivity contribution is 0.321. The van der Waals surface area contributed by atoms with Crippen molar-refractivity contribution >= 4 is 12.4 Å². The highest BCUT2D eigenvalue weighted by Gasteiger charge is 2.02. The molecular weight excluding hydrogens is 372 g/mol. The standard InChI is InChI=1S/2C13H11NO/c2*15-14-10-12-8-4-5-9-13(12)11-6-2-1-3-7-11/h2*1-10,15H/b2*14-10+. The van der Waals surface area contributed by atoms with Crippen molar-refractivity contribution in [3.8, 4) is 22.3 Å².